The van der Waals surface area contributed by atoms with Gasteiger partial charge in [-0.05, 0) is 31.9 Å². The van der Waals surface area contributed by atoms with E-state index in [0.717, 1.165) is 18.5 Å². The van der Waals surface area contributed by atoms with Crippen LogP contribution in [-0.4, -0.2) is 12.7 Å². The van der Waals surface area contributed by atoms with Gasteiger partial charge < -0.3 is 5.32 Å². The molecule has 1 N–H and O–H groups in total. The summed E-state index contributed by atoms with van der Waals surface area (Å²) < 4.78 is 13.6. The summed E-state index contributed by atoms with van der Waals surface area (Å²) in [6, 6.07) is 8.01. The Morgan fingerprint density at radius 3 is 2.87 bits per heavy atom. The number of hydrogen-bond acceptors (Lipinski definition) is 1. The third kappa shape index (κ3) is 2.93. The van der Waals surface area contributed by atoms with Gasteiger partial charge in [-0.1, -0.05) is 29.8 Å². The van der Waals surface area contributed by atoms with Crippen molar-refractivity contribution in [2.75, 3.05) is 6.54 Å². The van der Waals surface area contributed by atoms with Crippen molar-refractivity contribution in [3.63, 3.8) is 0 Å². The van der Waals surface area contributed by atoms with E-state index in [1.54, 1.807) is 0 Å². The lowest BCUT2D eigenvalue weighted by Gasteiger charge is -2.27. The first kappa shape index (κ1) is 12.5. The molecule has 0 saturated carbocycles. The summed E-state index contributed by atoms with van der Waals surface area (Å²) in [7, 11) is 0. The summed E-state index contributed by atoms with van der Waals surface area (Å²) in [4.78, 5) is 0. The second-order valence-corrected chi connectivity index (χ2v) is 4.00. The normalized spacial score (nSPS) is 25.7. The maximum absolute atomic E-state index is 13.6. The Kier molecular flexibility index (Phi) is 4.55. The van der Waals surface area contributed by atoms with Crippen molar-refractivity contribution in [2.24, 2.45) is 0 Å². The van der Waals surface area contributed by atoms with E-state index in [1.165, 1.54) is 5.56 Å². The number of nitrogens with one attached hydrogen (secondary N) is 1. The highest BCUT2D eigenvalue weighted by Gasteiger charge is 2.25. The van der Waals surface area contributed by atoms with Crippen LogP contribution in [0.2, 0.25) is 0 Å². The molecule has 3 heteroatoms. The summed E-state index contributed by atoms with van der Waals surface area (Å²) in [5, 5.41) is 3.24. The van der Waals surface area contributed by atoms with Crippen molar-refractivity contribution in [1.82, 2.24) is 5.32 Å². The van der Waals surface area contributed by atoms with Crippen molar-refractivity contribution in [1.29, 1.82) is 0 Å². The Morgan fingerprint density at radius 2 is 2.20 bits per heavy atom. The van der Waals surface area contributed by atoms with Crippen molar-refractivity contribution in [3.8, 4) is 0 Å². The molecule has 84 valence electrons. The fourth-order valence-electron chi connectivity index (χ4n) is 2.04. The van der Waals surface area contributed by atoms with Crippen LogP contribution in [0.1, 0.15) is 30.0 Å². The first-order valence-electron chi connectivity index (χ1n) is 5.21. The molecule has 0 bridgehead atoms. The Labute approximate surface area is 96.5 Å². The summed E-state index contributed by atoms with van der Waals surface area (Å²) in [6.07, 6.45) is 0.903. The number of rotatable bonds is 1. The zero-order chi connectivity index (χ0) is 9.97. The molecule has 1 aromatic carbocycles. The summed E-state index contributed by atoms with van der Waals surface area (Å²) >= 11 is 0. The van der Waals surface area contributed by atoms with Crippen LogP contribution in [0, 0.1) is 6.92 Å². The molecular formula is C12H17ClFN. The first-order chi connectivity index (χ1) is 6.77. The number of alkyl halides is 1. The molecule has 2 rings (SSSR count). The van der Waals surface area contributed by atoms with Crippen LogP contribution in [0.5, 0.6) is 0 Å². The van der Waals surface area contributed by atoms with Crippen molar-refractivity contribution in [2.45, 2.75) is 32.0 Å². The first-order valence-corrected chi connectivity index (χ1v) is 5.21. The van der Waals surface area contributed by atoms with Gasteiger partial charge in [0.1, 0.15) is 6.17 Å². The van der Waals surface area contributed by atoms with Crippen molar-refractivity contribution >= 4 is 12.4 Å². The van der Waals surface area contributed by atoms with Gasteiger partial charge in [-0.25, -0.2) is 4.39 Å². The van der Waals surface area contributed by atoms with Gasteiger partial charge in [-0.3, -0.25) is 0 Å². The second-order valence-electron chi connectivity index (χ2n) is 4.00. The minimum Gasteiger partial charge on any atom is -0.308 e. The van der Waals surface area contributed by atoms with Gasteiger partial charge in [0, 0.05) is 0 Å². The van der Waals surface area contributed by atoms with Crippen LogP contribution in [0.25, 0.3) is 0 Å². The Hall–Kier alpha value is -0.600. The van der Waals surface area contributed by atoms with E-state index in [1.807, 2.05) is 25.1 Å². The summed E-state index contributed by atoms with van der Waals surface area (Å²) in [5.41, 5.74) is 2.28. The monoisotopic (exact) mass is 229 g/mol. The molecule has 1 heterocycles. The van der Waals surface area contributed by atoms with E-state index < -0.39 is 6.17 Å². The van der Waals surface area contributed by atoms with Gasteiger partial charge in [-0.2, -0.15) is 0 Å². The fraction of sp³-hybridized carbons (Fsp3) is 0.500. The third-order valence-corrected chi connectivity index (χ3v) is 2.78. The number of halogens is 2. The molecule has 1 fully saturated rings. The number of aryl methyl sites for hydroxylation is 1. The largest absolute Gasteiger partial charge is 0.308 e. The van der Waals surface area contributed by atoms with Crippen molar-refractivity contribution in [3.05, 3.63) is 35.4 Å². The van der Waals surface area contributed by atoms with E-state index in [0.29, 0.717) is 6.42 Å². The second kappa shape index (κ2) is 5.47. The van der Waals surface area contributed by atoms with Crippen molar-refractivity contribution < 1.29 is 4.39 Å². The average molecular weight is 230 g/mol. The topological polar surface area (TPSA) is 12.0 Å². The molecule has 2 unspecified atom stereocenters. The maximum Gasteiger partial charge on any atom is 0.120 e. The highest BCUT2D eigenvalue weighted by Crippen LogP contribution is 2.26. The molecule has 1 aliphatic rings. The van der Waals surface area contributed by atoms with E-state index in [4.69, 9.17) is 0 Å². The zero-order valence-electron chi connectivity index (χ0n) is 8.87. The minimum absolute atomic E-state index is 0. The zero-order valence-corrected chi connectivity index (χ0v) is 9.69. The maximum atomic E-state index is 13.6. The third-order valence-electron chi connectivity index (χ3n) is 2.78. The fourth-order valence-corrected chi connectivity index (χ4v) is 2.04. The molecule has 1 aromatic rings. The highest BCUT2D eigenvalue weighted by atomic mass is 35.5. The molecular weight excluding hydrogens is 213 g/mol. The van der Waals surface area contributed by atoms with Gasteiger partial charge >= 0.3 is 0 Å². The van der Waals surface area contributed by atoms with E-state index >= 15 is 0 Å². The van der Waals surface area contributed by atoms with Gasteiger partial charge in [-0.15, -0.1) is 12.4 Å². The Bertz CT molecular complexity index is 316. The molecule has 1 saturated heterocycles. The van der Waals surface area contributed by atoms with Gasteiger partial charge in [0.05, 0.1) is 6.04 Å². The molecule has 1 nitrogen and oxygen atoms in total. The molecule has 15 heavy (non-hydrogen) atoms. The van der Waals surface area contributed by atoms with Gasteiger partial charge in [0.15, 0.2) is 0 Å². The van der Waals surface area contributed by atoms with E-state index in [9.17, 15) is 4.39 Å². The predicted molar refractivity (Wildman–Crippen MR) is 63.3 cm³/mol. The van der Waals surface area contributed by atoms with Crippen LogP contribution >= 0.6 is 12.4 Å². The molecule has 0 radical (unpaired) electrons. The Balaban J connectivity index is 0.00000112. The number of piperidine rings is 1. The molecule has 0 spiro atoms. The quantitative estimate of drug-likeness (QED) is 0.780. The lowest BCUT2D eigenvalue weighted by molar-refractivity contribution is 0.201. The molecule has 0 aromatic heterocycles. The Morgan fingerprint density at radius 1 is 1.40 bits per heavy atom. The van der Waals surface area contributed by atoms with Crippen LogP contribution in [0.15, 0.2) is 24.3 Å². The smallest absolute Gasteiger partial charge is 0.120 e. The SMILES string of the molecule is Cc1cccc(C2NCCCC2F)c1.Cl. The lowest BCUT2D eigenvalue weighted by atomic mass is 9.95. The minimum atomic E-state index is -0.731. The van der Waals surface area contributed by atoms with E-state index in [2.05, 4.69) is 11.4 Å². The van der Waals surface area contributed by atoms with Gasteiger partial charge in [0.2, 0.25) is 0 Å². The molecule has 0 amide bonds. The van der Waals surface area contributed by atoms with Crippen LogP contribution in [0.3, 0.4) is 0 Å². The molecule has 0 aliphatic carbocycles. The van der Waals surface area contributed by atoms with Gasteiger partial charge in [0.25, 0.3) is 0 Å². The number of hydrogen-bond donors (Lipinski definition) is 1. The molecule has 1 aliphatic heterocycles. The van der Waals surface area contributed by atoms with Crippen LogP contribution < -0.4 is 5.32 Å². The summed E-state index contributed by atoms with van der Waals surface area (Å²) in [5.74, 6) is 0. The highest BCUT2D eigenvalue weighted by molar-refractivity contribution is 5.85. The number of benzene rings is 1. The summed E-state index contributed by atoms with van der Waals surface area (Å²) in [6.45, 7) is 2.97. The van der Waals surface area contributed by atoms with Crippen LogP contribution in [-0.2, 0) is 0 Å². The lowest BCUT2D eigenvalue weighted by Crippen LogP contribution is -2.35. The van der Waals surface area contributed by atoms with E-state index in [-0.39, 0.29) is 18.4 Å². The predicted octanol–water partition coefficient (Wildman–Crippen LogP) is 3.18. The molecule has 2 atom stereocenters. The standard InChI is InChI=1S/C12H16FN.ClH/c1-9-4-2-5-10(8-9)12-11(13)6-3-7-14-12;/h2,4-5,8,11-12,14H,3,6-7H2,1H3;1H. The average Bonchev–Trinajstić information content (AvgIpc) is 2.18. The van der Waals surface area contributed by atoms with Crippen LogP contribution in [0.4, 0.5) is 4.39 Å².